The number of rotatable bonds is 3. The maximum Gasteiger partial charge on any atom is 0.226 e. The number of carbonyl (C=O) groups excluding carboxylic acids is 1. The summed E-state index contributed by atoms with van der Waals surface area (Å²) in [4.78, 5) is 14.8. The van der Waals surface area contributed by atoms with Crippen molar-refractivity contribution in [1.29, 1.82) is 0 Å². The van der Waals surface area contributed by atoms with Crippen LogP contribution in [0.3, 0.4) is 0 Å². The van der Waals surface area contributed by atoms with Crippen molar-refractivity contribution in [2.24, 2.45) is 11.3 Å². The first-order valence-electron chi connectivity index (χ1n) is 7.47. The lowest BCUT2D eigenvalue weighted by Gasteiger charge is -2.39. The molecule has 0 spiro atoms. The molecule has 1 saturated heterocycles. The summed E-state index contributed by atoms with van der Waals surface area (Å²) in [6, 6.07) is 0.285. The molecule has 0 radical (unpaired) electrons. The van der Waals surface area contributed by atoms with Gasteiger partial charge >= 0.3 is 0 Å². The quantitative estimate of drug-likeness (QED) is 0.840. The highest BCUT2D eigenvalue weighted by atomic mass is 16.3. The zero-order valence-corrected chi connectivity index (χ0v) is 11.8. The first kappa shape index (κ1) is 13.9. The number of nitrogens with zero attached hydrogens (tertiary/aromatic N) is 1. The number of carbonyl (C=O) groups is 1. The molecule has 0 aromatic heterocycles. The molecular weight excluding hydrogens is 226 g/mol. The molecule has 0 aromatic rings. The highest BCUT2D eigenvalue weighted by molar-refractivity contribution is 5.80. The zero-order valence-electron chi connectivity index (χ0n) is 11.8. The normalized spacial score (nSPS) is 31.6. The summed E-state index contributed by atoms with van der Waals surface area (Å²) in [5, 5.41) is 9.15. The van der Waals surface area contributed by atoms with Crippen LogP contribution in [0.15, 0.2) is 0 Å². The largest absolute Gasteiger partial charge is 0.396 e. The van der Waals surface area contributed by atoms with Gasteiger partial charge in [0.25, 0.3) is 0 Å². The molecule has 1 aliphatic carbocycles. The third kappa shape index (κ3) is 2.71. The number of hydrogen-bond donors (Lipinski definition) is 1. The summed E-state index contributed by atoms with van der Waals surface area (Å²) in [5.74, 6) is 0.562. The van der Waals surface area contributed by atoms with E-state index in [1.807, 2.05) is 0 Å². The van der Waals surface area contributed by atoms with Crippen molar-refractivity contribution in [1.82, 2.24) is 4.90 Å². The van der Waals surface area contributed by atoms with E-state index < -0.39 is 0 Å². The highest BCUT2D eigenvalue weighted by Crippen LogP contribution is 2.44. The van der Waals surface area contributed by atoms with Gasteiger partial charge in [0.05, 0.1) is 0 Å². The molecular formula is C15H27NO2. The van der Waals surface area contributed by atoms with Crippen LogP contribution in [-0.4, -0.2) is 35.1 Å². The van der Waals surface area contributed by atoms with E-state index in [2.05, 4.69) is 18.7 Å². The van der Waals surface area contributed by atoms with Crippen LogP contribution in [0.25, 0.3) is 0 Å². The monoisotopic (exact) mass is 253 g/mol. The van der Waals surface area contributed by atoms with Crippen molar-refractivity contribution in [2.75, 3.05) is 13.2 Å². The second kappa shape index (κ2) is 5.60. The number of aliphatic hydroxyl groups is 1. The van der Waals surface area contributed by atoms with E-state index in [4.69, 9.17) is 5.11 Å². The Morgan fingerprint density at radius 2 is 2.06 bits per heavy atom. The second-order valence-electron chi connectivity index (χ2n) is 6.63. The maximum atomic E-state index is 12.7. The predicted octanol–water partition coefficient (Wildman–Crippen LogP) is 2.58. The first-order chi connectivity index (χ1) is 8.56. The SMILES string of the molecule is CC1(C)CCCC1C(=O)N1CCCCC1CCO. The third-order valence-corrected chi connectivity index (χ3v) is 4.93. The zero-order chi connectivity index (χ0) is 13.2. The fourth-order valence-corrected chi connectivity index (χ4v) is 3.72. The van der Waals surface area contributed by atoms with Gasteiger partial charge in [-0.1, -0.05) is 20.3 Å². The molecule has 2 rings (SSSR count). The summed E-state index contributed by atoms with van der Waals surface area (Å²) in [6.07, 6.45) is 7.54. The fraction of sp³-hybridized carbons (Fsp3) is 0.933. The molecule has 3 nitrogen and oxygen atoms in total. The van der Waals surface area contributed by atoms with E-state index in [1.54, 1.807) is 0 Å². The molecule has 2 unspecified atom stereocenters. The van der Waals surface area contributed by atoms with Crippen LogP contribution < -0.4 is 0 Å². The Balaban J connectivity index is 2.06. The average Bonchev–Trinajstić information content (AvgIpc) is 2.69. The number of likely N-dealkylation sites (tertiary alicyclic amines) is 1. The Morgan fingerprint density at radius 1 is 1.28 bits per heavy atom. The van der Waals surface area contributed by atoms with Gasteiger partial charge < -0.3 is 10.0 Å². The average molecular weight is 253 g/mol. The molecule has 0 aromatic carbocycles. The molecule has 1 N–H and O–H groups in total. The standard InChI is InChI=1S/C15H27NO2/c1-15(2)9-5-7-13(15)14(18)16-10-4-3-6-12(16)8-11-17/h12-13,17H,3-11H2,1-2H3. The lowest BCUT2D eigenvalue weighted by Crippen LogP contribution is -2.48. The van der Waals surface area contributed by atoms with Gasteiger partial charge in [0.1, 0.15) is 0 Å². The number of piperidine rings is 1. The van der Waals surface area contributed by atoms with Crippen LogP contribution in [0.4, 0.5) is 0 Å². The van der Waals surface area contributed by atoms with E-state index in [0.29, 0.717) is 5.91 Å². The van der Waals surface area contributed by atoms with Gasteiger partial charge in [0.15, 0.2) is 0 Å². The van der Waals surface area contributed by atoms with Gasteiger partial charge in [-0.15, -0.1) is 0 Å². The van der Waals surface area contributed by atoms with Gasteiger partial charge in [-0.05, 0) is 43.9 Å². The van der Waals surface area contributed by atoms with Crippen molar-refractivity contribution < 1.29 is 9.90 Å². The molecule has 0 bridgehead atoms. The second-order valence-corrected chi connectivity index (χ2v) is 6.63. The van der Waals surface area contributed by atoms with Gasteiger partial charge in [0, 0.05) is 25.1 Å². The Hall–Kier alpha value is -0.570. The molecule has 3 heteroatoms. The smallest absolute Gasteiger partial charge is 0.226 e. The molecule has 2 fully saturated rings. The van der Waals surface area contributed by atoms with Crippen molar-refractivity contribution >= 4 is 5.91 Å². The fourth-order valence-electron chi connectivity index (χ4n) is 3.72. The molecule has 2 atom stereocenters. The maximum absolute atomic E-state index is 12.7. The third-order valence-electron chi connectivity index (χ3n) is 4.93. The van der Waals surface area contributed by atoms with Gasteiger partial charge in [0.2, 0.25) is 5.91 Å². The lowest BCUT2D eigenvalue weighted by molar-refractivity contribution is -0.142. The number of aliphatic hydroxyl groups excluding tert-OH is 1. The van der Waals surface area contributed by atoms with Crippen LogP contribution in [0, 0.1) is 11.3 Å². The summed E-state index contributed by atoms with van der Waals surface area (Å²) >= 11 is 0. The molecule has 1 saturated carbocycles. The van der Waals surface area contributed by atoms with E-state index in [-0.39, 0.29) is 24.0 Å². The minimum atomic E-state index is 0.165. The molecule has 1 heterocycles. The van der Waals surface area contributed by atoms with Gasteiger partial charge in [-0.2, -0.15) is 0 Å². The summed E-state index contributed by atoms with van der Waals surface area (Å²) in [7, 11) is 0. The molecule has 2 aliphatic rings. The van der Waals surface area contributed by atoms with Crippen molar-refractivity contribution in [3.63, 3.8) is 0 Å². The van der Waals surface area contributed by atoms with E-state index >= 15 is 0 Å². The summed E-state index contributed by atoms with van der Waals surface area (Å²) in [5.41, 5.74) is 0.165. The first-order valence-corrected chi connectivity index (χ1v) is 7.47. The van der Waals surface area contributed by atoms with Crippen LogP contribution in [0.2, 0.25) is 0 Å². The van der Waals surface area contributed by atoms with Crippen molar-refractivity contribution in [2.45, 2.75) is 64.8 Å². The Kier molecular flexibility index (Phi) is 4.31. The van der Waals surface area contributed by atoms with Crippen LogP contribution in [0.1, 0.15) is 58.8 Å². The Bertz CT molecular complexity index is 299. The van der Waals surface area contributed by atoms with Crippen molar-refractivity contribution in [3.8, 4) is 0 Å². The minimum absolute atomic E-state index is 0.165. The minimum Gasteiger partial charge on any atom is -0.396 e. The van der Waals surface area contributed by atoms with Crippen LogP contribution >= 0.6 is 0 Å². The van der Waals surface area contributed by atoms with Crippen LogP contribution in [0.5, 0.6) is 0 Å². The Morgan fingerprint density at radius 3 is 2.67 bits per heavy atom. The van der Waals surface area contributed by atoms with E-state index in [0.717, 1.165) is 32.2 Å². The predicted molar refractivity (Wildman–Crippen MR) is 72.2 cm³/mol. The number of hydrogen-bond acceptors (Lipinski definition) is 2. The highest BCUT2D eigenvalue weighted by Gasteiger charge is 2.42. The topological polar surface area (TPSA) is 40.5 Å². The van der Waals surface area contributed by atoms with Gasteiger partial charge in [-0.25, -0.2) is 0 Å². The van der Waals surface area contributed by atoms with Crippen LogP contribution in [-0.2, 0) is 4.79 Å². The van der Waals surface area contributed by atoms with E-state index in [1.165, 1.54) is 19.3 Å². The summed E-state index contributed by atoms with van der Waals surface area (Å²) < 4.78 is 0. The molecule has 1 aliphatic heterocycles. The van der Waals surface area contributed by atoms with E-state index in [9.17, 15) is 4.79 Å². The van der Waals surface area contributed by atoms with Gasteiger partial charge in [-0.3, -0.25) is 4.79 Å². The molecule has 18 heavy (non-hydrogen) atoms. The molecule has 104 valence electrons. The Labute approximate surface area is 111 Å². The summed E-state index contributed by atoms with van der Waals surface area (Å²) in [6.45, 7) is 5.56. The lowest BCUT2D eigenvalue weighted by atomic mass is 9.80. The van der Waals surface area contributed by atoms with Crippen molar-refractivity contribution in [3.05, 3.63) is 0 Å². The molecule has 1 amide bonds. The number of amides is 1.